The summed E-state index contributed by atoms with van der Waals surface area (Å²) in [7, 11) is 0. The van der Waals surface area contributed by atoms with Crippen molar-refractivity contribution in [1.29, 1.82) is 5.26 Å². The molecular weight excluding hydrogens is 372 g/mol. The number of aromatic nitrogens is 4. The number of halogens is 2. The molecule has 0 aliphatic heterocycles. The standard InChI is InChI=1S/C16H17F2N9O/c17-12(18)6-23-16(28)15-11(24-9-1-8(20)2-9)3-13(26-27-15)25-14-7-21-10(4-19)5-22-14/h3,5,7-9,12H,1-2,6,20H2,(H,23,28)(H2,22,24,25,26). The Hall–Kier alpha value is -3.46. The van der Waals surface area contributed by atoms with Crippen molar-refractivity contribution in [2.24, 2.45) is 5.73 Å². The van der Waals surface area contributed by atoms with Crippen molar-refractivity contribution in [2.75, 3.05) is 17.2 Å². The van der Waals surface area contributed by atoms with Gasteiger partial charge in [-0.1, -0.05) is 0 Å². The molecule has 3 rings (SSSR count). The predicted octanol–water partition coefficient (Wildman–Crippen LogP) is 0.778. The summed E-state index contributed by atoms with van der Waals surface area (Å²) in [6.45, 7) is -0.783. The molecule has 1 aliphatic carbocycles. The van der Waals surface area contributed by atoms with Crippen LogP contribution in [0, 0.1) is 11.3 Å². The highest BCUT2D eigenvalue weighted by Crippen LogP contribution is 2.26. The van der Waals surface area contributed by atoms with Gasteiger partial charge in [-0.2, -0.15) is 5.26 Å². The molecule has 5 N–H and O–H groups in total. The van der Waals surface area contributed by atoms with Crippen LogP contribution in [0.4, 0.5) is 26.1 Å². The molecule has 10 nitrogen and oxygen atoms in total. The van der Waals surface area contributed by atoms with Crippen LogP contribution in [0.1, 0.15) is 29.0 Å². The first-order chi connectivity index (χ1) is 13.4. The zero-order valence-corrected chi connectivity index (χ0v) is 14.6. The van der Waals surface area contributed by atoms with Gasteiger partial charge in [0.15, 0.2) is 17.2 Å². The molecule has 0 saturated heterocycles. The minimum absolute atomic E-state index is 0.0448. The Kier molecular flexibility index (Phi) is 5.85. The first-order valence-electron chi connectivity index (χ1n) is 8.40. The van der Waals surface area contributed by atoms with Crippen LogP contribution in [0.2, 0.25) is 0 Å². The van der Waals surface area contributed by atoms with Crippen molar-refractivity contribution >= 4 is 23.2 Å². The van der Waals surface area contributed by atoms with E-state index in [1.165, 1.54) is 18.5 Å². The van der Waals surface area contributed by atoms with Crippen LogP contribution in [-0.2, 0) is 0 Å². The maximum absolute atomic E-state index is 12.4. The smallest absolute Gasteiger partial charge is 0.274 e. The van der Waals surface area contributed by atoms with Crippen molar-refractivity contribution in [1.82, 2.24) is 25.5 Å². The van der Waals surface area contributed by atoms with Crippen LogP contribution >= 0.6 is 0 Å². The average molecular weight is 389 g/mol. The highest BCUT2D eigenvalue weighted by Gasteiger charge is 2.27. The fourth-order valence-electron chi connectivity index (χ4n) is 2.57. The molecule has 0 bridgehead atoms. The number of nitrogens with one attached hydrogen (secondary N) is 3. The summed E-state index contributed by atoms with van der Waals surface area (Å²) in [5.74, 6) is -0.181. The average Bonchev–Trinajstić information content (AvgIpc) is 2.66. The zero-order valence-electron chi connectivity index (χ0n) is 14.6. The second-order valence-corrected chi connectivity index (χ2v) is 6.19. The van der Waals surface area contributed by atoms with Gasteiger partial charge in [0.05, 0.1) is 24.6 Å². The van der Waals surface area contributed by atoms with E-state index in [1.807, 2.05) is 6.07 Å². The number of amides is 1. The Balaban J connectivity index is 1.79. The Morgan fingerprint density at radius 3 is 2.68 bits per heavy atom. The molecule has 0 unspecified atom stereocenters. The van der Waals surface area contributed by atoms with E-state index in [1.54, 1.807) is 0 Å². The minimum atomic E-state index is -2.67. The van der Waals surface area contributed by atoms with Gasteiger partial charge >= 0.3 is 0 Å². The summed E-state index contributed by atoms with van der Waals surface area (Å²) in [4.78, 5) is 20.1. The van der Waals surface area contributed by atoms with Crippen LogP contribution in [0.3, 0.4) is 0 Å². The number of nitrogens with two attached hydrogens (primary N) is 1. The van der Waals surface area contributed by atoms with Crippen LogP contribution < -0.4 is 21.7 Å². The van der Waals surface area contributed by atoms with Crippen molar-refractivity contribution < 1.29 is 13.6 Å². The number of hydrogen-bond donors (Lipinski definition) is 4. The molecule has 28 heavy (non-hydrogen) atoms. The summed E-state index contributed by atoms with van der Waals surface area (Å²) in [6.07, 6.45) is 1.39. The number of carbonyl (C=O) groups excluding carboxylic acids is 1. The van der Waals surface area contributed by atoms with Gasteiger partial charge in [-0.25, -0.2) is 18.7 Å². The normalized spacial score (nSPS) is 18.1. The Morgan fingerprint density at radius 1 is 1.29 bits per heavy atom. The van der Waals surface area contributed by atoms with Gasteiger partial charge in [-0.3, -0.25) is 4.79 Å². The molecule has 12 heteroatoms. The number of rotatable bonds is 7. The van der Waals surface area contributed by atoms with Crippen LogP contribution in [0.5, 0.6) is 0 Å². The molecule has 0 aromatic carbocycles. The summed E-state index contributed by atoms with van der Waals surface area (Å²) < 4.78 is 24.7. The molecule has 2 heterocycles. The Morgan fingerprint density at radius 2 is 2.07 bits per heavy atom. The molecule has 1 aliphatic rings. The van der Waals surface area contributed by atoms with Gasteiger partial charge in [-0.15, -0.1) is 10.2 Å². The number of carbonyl (C=O) groups is 1. The van der Waals surface area contributed by atoms with Gasteiger partial charge < -0.3 is 21.7 Å². The Labute approximate surface area is 158 Å². The van der Waals surface area contributed by atoms with Crippen LogP contribution in [-0.4, -0.2) is 51.1 Å². The van der Waals surface area contributed by atoms with E-state index < -0.39 is 18.9 Å². The third-order valence-corrected chi connectivity index (χ3v) is 3.98. The van der Waals surface area contributed by atoms with E-state index in [0.717, 1.165) is 0 Å². The number of anilines is 3. The monoisotopic (exact) mass is 389 g/mol. The van der Waals surface area contributed by atoms with E-state index >= 15 is 0 Å². The quantitative estimate of drug-likeness (QED) is 0.537. The third-order valence-electron chi connectivity index (χ3n) is 3.98. The lowest BCUT2D eigenvalue weighted by Crippen LogP contribution is -2.45. The maximum Gasteiger partial charge on any atom is 0.274 e. The number of nitrogens with zero attached hydrogens (tertiary/aromatic N) is 5. The summed E-state index contributed by atoms with van der Waals surface area (Å²) >= 11 is 0. The van der Waals surface area contributed by atoms with Crippen molar-refractivity contribution in [3.05, 3.63) is 29.8 Å². The lowest BCUT2D eigenvalue weighted by molar-refractivity contribution is 0.0886. The third kappa shape index (κ3) is 4.83. The van der Waals surface area contributed by atoms with Crippen molar-refractivity contribution in [3.8, 4) is 6.07 Å². The second kappa shape index (κ2) is 8.49. The van der Waals surface area contributed by atoms with Gasteiger partial charge in [0, 0.05) is 18.2 Å². The molecule has 0 radical (unpaired) electrons. The summed E-state index contributed by atoms with van der Waals surface area (Å²) in [5, 5.41) is 24.6. The molecule has 1 amide bonds. The van der Waals surface area contributed by atoms with Gasteiger partial charge in [-0.05, 0) is 12.8 Å². The first-order valence-corrected chi connectivity index (χ1v) is 8.40. The molecule has 146 valence electrons. The summed E-state index contributed by atoms with van der Waals surface area (Å²) in [6, 6.07) is 3.50. The van der Waals surface area contributed by atoms with E-state index in [-0.39, 0.29) is 29.3 Å². The molecule has 1 saturated carbocycles. The second-order valence-electron chi connectivity index (χ2n) is 6.19. The summed E-state index contributed by atoms with van der Waals surface area (Å²) in [5.41, 5.74) is 6.17. The lowest BCUT2D eigenvalue weighted by Gasteiger charge is -2.34. The topological polar surface area (TPSA) is 155 Å². The van der Waals surface area contributed by atoms with Crippen LogP contribution in [0.15, 0.2) is 18.5 Å². The molecule has 1 fully saturated rings. The van der Waals surface area contributed by atoms with E-state index in [9.17, 15) is 13.6 Å². The van der Waals surface area contributed by atoms with E-state index in [0.29, 0.717) is 24.3 Å². The molecule has 2 aromatic heterocycles. The van der Waals surface area contributed by atoms with Crippen molar-refractivity contribution in [3.63, 3.8) is 0 Å². The molecular formula is C16H17F2N9O. The van der Waals surface area contributed by atoms with Gasteiger partial charge in [0.1, 0.15) is 11.9 Å². The minimum Gasteiger partial charge on any atom is -0.380 e. The largest absolute Gasteiger partial charge is 0.380 e. The first kappa shape index (κ1) is 19.3. The zero-order chi connectivity index (χ0) is 20.1. The van der Waals surface area contributed by atoms with Gasteiger partial charge in [0.25, 0.3) is 12.3 Å². The number of nitriles is 1. The van der Waals surface area contributed by atoms with Gasteiger partial charge in [0.2, 0.25) is 0 Å². The highest BCUT2D eigenvalue weighted by molar-refractivity contribution is 5.98. The predicted molar refractivity (Wildman–Crippen MR) is 95.0 cm³/mol. The molecule has 2 aromatic rings. The fraction of sp³-hybridized carbons (Fsp3) is 0.375. The van der Waals surface area contributed by atoms with Crippen LogP contribution in [0.25, 0.3) is 0 Å². The van der Waals surface area contributed by atoms with E-state index in [4.69, 9.17) is 11.0 Å². The SMILES string of the molecule is N#Cc1cnc(Nc2cc(NC3CC(N)C3)c(C(=O)NCC(F)F)nn2)cn1. The lowest BCUT2D eigenvalue weighted by atomic mass is 9.87. The number of hydrogen-bond acceptors (Lipinski definition) is 9. The fourth-order valence-corrected chi connectivity index (χ4v) is 2.57. The molecule has 0 spiro atoms. The molecule has 0 atom stereocenters. The Bertz CT molecular complexity index is 879. The number of alkyl halides is 2. The van der Waals surface area contributed by atoms with E-state index in [2.05, 4.69) is 36.1 Å². The highest BCUT2D eigenvalue weighted by atomic mass is 19.3. The maximum atomic E-state index is 12.4. The van der Waals surface area contributed by atoms with Crippen molar-refractivity contribution in [2.45, 2.75) is 31.4 Å².